The fraction of sp³-hybridized carbons (Fsp3) is 0.571. The number of piperidine rings is 1. The number of nitrogens with zero attached hydrogens (tertiary/aromatic N) is 2. The van der Waals surface area contributed by atoms with Crippen molar-refractivity contribution in [2.75, 3.05) is 25.0 Å². The van der Waals surface area contributed by atoms with Gasteiger partial charge in [0.15, 0.2) is 0 Å². The van der Waals surface area contributed by atoms with Gasteiger partial charge in [-0.25, -0.2) is 0 Å². The summed E-state index contributed by atoms with van der Waals surface area (Å²) < 4.78 is 0. The van der Waals surface area contributed by atoms with Gasteiger partial charge in [0, 0.05) is 19.2 Å². The molecule has 1 N–H and O–H groups in total. The number of carbonyl (C=O) groups excluding carboxylic acids is 1. The second-order valence-electron chi connectivity index (χ2n) is 5.48. The van der Waals surface area contributed by atoms with Gasteiger partial charge in [-0.1, -0.05) is 0 Å². The third-order valence-electron chi connectivity index (χ3n) is 4.45. The second kappa shape index (κ2) is 4.35. The topological polar surface area (TPSA) is 45.2 Å². The van der Waals surface area contributed by atoms with E-state index in [0.29, 0.717) is 5.41 Å². The molecule has 2 fully saturated rings. The van der Waals surface area contributed by atoms with Crippen LogP contribution in [0.15, 0.2) is 24.5 Å². The molecule has 4 heteroatoms. The van der Waals surface area contributed by atoms with Gasteiger partial charge in [-0.3, -0.25) is 9.78 Å². The predicted octanol–water partition coefficient (Wildman–Crippen LogP) is 1.43. The molecule has 0 bridgehead atoms. The summed E-state index contributed by atoms with van der Waals surface area (Å²) in [5, 5.41) is 3.37. The molecule has 1 aromatic heterocycles. The number of hydrogen-bond donors (Lipinski definition) is 1. The van der Waals surface area contributed by atoms with Gasteiger partial charge in [-0.15, -0.1) is 0 Å². The Morgan fingerprint density at radius 3 is 2.94 bits per heavy atom. The average Bonchev–Trinajstić information content (AvgIpc) is 3.12. The maximum Gasteiger partial charge on any atom is 0.230 e. The molecule has 18 heavy (non-hydrogen) atoms. The molecule has 1 amide bonds. The van der Waals surface area contributed by atoms with E-state index in [1.54, 1.807) is 17.3 Å². The van der Waals surface area contributed by atoms with Gasteiger partial charge in [0.1, 0.15) is 0 Å². The predicted molar refractivity (Wildman–Crippen MR) is 70.3 cm³/mol. The molecular weight excluding hydrogens is 226 g/mol. The molecule has 0 aromatic carbocycles. The number of hydrogen-bond acceptors (Lipinski definition) is 3. The second-order valence-corrected chi connectivity index (χ2v) is 5.48. The lowest BCUT2D eigenvalue weighted by molar-refractivity contribution is -0.120. The third-order valence-corrected chi connectivity index (χ3v) is 4.45. The lowest BCUT2D eigenvalue weighted by atomic mass is 9.91. The zero-order valence-electron chi connectivity index (χ0n) is 10.7. The zero-order valence-corrected chi connectivity index (χ0v) is 10.7. The summed E-state index contributed by atoms with van der Waals surface area (Å²) in [7, 11) is 1.85. The van der Waals surface area contributed by atoms with Gasteiger partial charge < -0.3 is 10.2 Å². The van der Waals surface area contributed by atoms with Crippen LogP contribution >= 0.6 is 0 Å². The number of rotatable bonds is 2. The van der Waals surface area contributed by atoms with E-state index in [1.165, 1.54) is 0 Å². The monoisotopic (exact) mass is 245 g/mol. The molecule has 1 saturated heterocycles. The first-order chi connectivity index (χ1) is 8.73. The van der Waals surface area contributed by atoms with Gasteiger partial charge in [-0.05, 0) is 49.9 Å². The van der Waals surface area contributed by atoms with Gasteiger partial charge >= 0.3 is 0 Å². The van der Waals surface area contributed by atoms with Crippen LogP contribution in [0.25, 0.3) is 0 Å². The molecule has 0 radical (unpaired) electrons. The molecule has 1 unspecified atom stereocenters. The molecule has 2 aliphatic rings. The van der Waals surface area contributed by atoms with E-state index in [0.717, 1.165) is 38.0 Å². The Bertz CT molecular complexity index is 440. The van der Waals surface area contributed by atoms with Crippen LogP contribution in [-0.2, 0) is 4.79 Å². The molecule has 1 atom stereocenters. The van der Waals surface area contributed by atoms with Crippen LogP contribution < -0.4 is 10.2 Å². The Kier molecular flexibility index (Phi) is 2.82. The quantitative estimate of drug-likeness (QED) is 0.857. The number of aromatic nitrogens is 1. The fourth-order valence-electron chi connectivity index (χ4n) is 3.09. The summed E-state index contributed by atoms with van der Waals surface area (Å²) >= 11 is 0. The van der Waals surface area contributed by atoms with Crippen molar-refractivity contribution in [2.24, 2.45) is 11.3 Å². The highest BCUT2D eigenvalue weighted by molar-refractivity contribution is 5.96. The summed E-state index contributed by atoms with van der Waals surface area (Å²) in [5.74, 6) is 0.481. The molecule has 4 nitrogen and oxygen atoms in total. The van der Waals surface area contributed by atoms with Crippen molar-refractivity contribution in [2.45, 2.75) is 19.3 Å². The van der Waals surface area contributed by atoms with Crippen LogP contribution in [-0.4, -0.2) is 31.0 Å². The Morgan fingerprint density at radius 2 is 2.28 bits per heavy atom. The van der Waals surface area contributed by atoms with E-state index in [4.69, 9.17) is 0 Å². The Balaban J connectivity index is 1.69. The van der Waals surface area contributed by atoms with Crippen LogP contribution in [0.1, 0.15) is 19.3 Å². The normalized spacial score (nSPS) is 24.8. The Morgan fingerprint density at radius 1 is 1.50 bits per heavy atom. The van der Waals surface area contributed by atoms with Crippen LogP contribution in [0, 0.1) is 11.3 Å². The summed E-state index contributed by atoms with van der Waals surface area (Å²) in [5.41, 5.74) is 1.19. The summed E-state index contributed by atoms with van der Waals surface area (Å²) in [6.45, 7) is 2.11. The van der Waals surface area contributed by atoms with Crippen molar-refractivity contribution < 1.29 is 4.79 Å². The van der Waals surface area contributed by atoms with Crippen LogP contribution in [0.4, 0.5) is 5.69 Å². The van der Waals surface area contributed by atoms with E-state index in [2.05, 4.69) is 10.3 Å². The minimum atomic E-state index is 0.227. The number of nitrogens with one attached hydrogen (secondary N) is 1. The third kappa shape index (κ3) is 1.90. The van der Waals surface area contributed by atoms with Gasteiger partial charge in [-0.2, -0.15) is 0 Å². The van der Waals surface area contributed by atoms with Crippen LogP contribution in [0.2, 0.25) is 0 Å². The first-order valence-corrected chi connectivity index (χ1v) is 6.61. The molecule has 1 aliphatic heterocycles. The molecule has 1 saturated carbocycles. The van der Waals surface area contributed by atoms with E-state index < -0.39 is 0 Å². The Hall–Kier alpha value is -1.42. The van der Waals surface area contributed by atoms with Gasteiger partial charge in [0.05, 0.1) is 11.9 Å². The van der Waals surface area contributed by atoms with E-state index in [9.17, 15) is 4.79 Å². The van der Waals surface area contributed by atoms with Crippen molar-refractivity contribution >= 4 is 11.6 Å². The molecule has 96 valence electrons. The molecule has 2 heterocycles. The van der Waals surface area contributed by atoms with E-state index >= 15 is 0 Å². The highest BCUT2D eigenvalue weighted by Gasteiger charge is 2.58. The lowest BCUT2D eigenvalue weighted by Crippen LogP contribution is -2.34. The molecule has 3 rings (SSSR count). The molecule has 1 spiro atoms. The zero-order chi connectivity index (χ0) is 12.6. The largest absolute Gasteiger partial charge is 0.317 e. The standard InChI is InChI=1S/C14H19N3O/c1-17(11-3-2-6-16-10-11)13(18)12-9-14(12)4-7-15-8-5-14/h2-3,6,10,12,15H,4-5,7-9H2,1H3. The molecular formula is C14H19N3O. The van der Waals surface area contributed by atoms with E-state index in [-0.39, 0.29) is 11.8 Å². The highest BCUT2D eigenvalue weighted by atomic mass is 16.2. The SMILES string of the molecule is CN(C(=O)C1CC12CCNCC2)c1cccnc1. The van der Waals surface area contributed by atoms with Crippen molar-refractivity contribution in [3.8, 4) is 0 Å². The number of carbonyl (C=O) groups is 1. The van der Waals surface area contributed by atoms with Crippen molar-refractivity contribution in [3.05, 3.63) is 24.5 Å². The summed E-state index contributed by atoms with van der Waals surface area (Å²) in [6.07, 6.45) is 6.83. The minimum absolute atomic E-state index is 0.227. The Labute approximate surface area is 107 Å². The maximum atomic E-state index is 12.5. The first kappa shape index (κ1) is 11.7. The molecule has 1 aliphatic carbocycles. The average molecular weight is 245 g/mol. The summed E-state index contributed by atoms with van der Waals surface area (Å²) in [6, 6.07) is 3.80. The van der Waals surface area contributed by atoms with Gasteiger partial charge in [0.25, 0.3) is 0 Å². The van der Waals surface area contributed by atoms with E-state index in [1.807, 2.05) is 19.2 Å². The lowest BCUT2D eigenvalue weighted by Gasteiger charge is -2.25. The van der Waals surface area contributed by atoms with Gasteiger partial charge in [0.2, 0.25) is 5.91 Å². The highest BCUT2D eigenvalue weighted by Crippen LogP contribution is 2.59. The number of anilines is 1. The number of amides is 1. The fourth-order valence-corrected chi connectivity index (χ4v) is 3.09. The van der Waals surface area contributed by atoms with Crippen molar-refractivity contribution in [1.29, 1.82) is 0 Å². The minimum Gasteiger partial charge on any atom is -0.317 e. The summed E-state index contributed by atoms with van der Waals surface area (Å²) in [4.78, 5) is 18.3. The van der Waals surface area contributed by atoms with Crippen molar-refractivity contribution in [1.82, 2.24) is 10.3 Å². The first-order valence-electron chi connectivity index (χ1n) is 6.61. The van der Waals surface area contributed by atoms with Crippen molar-refractivity contribution in [3.63, 3.8) is 0 Å². The maximum absolute atomic E-state index is 12.5. The number of pyridine rings is 1. The molecule has 1 aromatic rings. The smallest absolute Gasteiger partial charge is 0.230 e. The van der Waals surface area contributed by atoms with Crippen LogP contribution in [0.3, 0.4) is 0 Å². The van der Waals surface area contributed by atoms with Crippen LogP contribution in [0.5, 0.6) is 0 Å².